The minimum atomic E-state index is -0.323. The van der Waals surface area contributed by atoms with E-state index in [1.807, 2.05) is 20.8 Å². The lowest BCUT2D eigenvalue weighted by Gasteiger charge is -2.35. The highest BCUT2D eigenvalue weighted by molar-refractivity contribution is 5.82. The van der Waals surface area contributed by atoms with Gasteiger partial charge in [0.25, 0.3) is 0 Å². The van der Waals surface area contributed by atoms with E-state index in [2.05, 4.69) is 5.32 Å². The van der Waals surface area contributed by atoms with Gasteiger partial charge in [-0.05, 0) is 19.3 Å². The van der Waals surface area contributed by atoms with E-state index in [4.69, 9.17) is 0 Å². The lowest BCUT2D eigenvalue weighted by molar-refractivity contribution is -0.132. The van der Waals surface area contributed by atoms with Crippen LogP contribution in [0.15, 0.2) is 0 Å². The molecule has 1 aliphatic rings. The van der Waals surface area contributed by atoms with Crippen molar-refractivity contribution in [2.45, 2.75) is 52.2 Å². The molecular formula is C10H19NO2. The third-order valence-corrected chi connectivity index (χ3v) is 3.05. The van der Waals surface area contributed by atoms with Crippen molar-refractivity contribution in [3.05, 3.63) is 0 Å². The Morgan fingerprint density at radius 1 is 1.54 bits per heavy atom. The Labute approximate surface area is 79.5 Å². The largest absolute Gasteiger partial charge is 0.391 e. The number of nitrogens with one attached hydrogen (secondary N) is 1. The molecule has 2 atom stereocenters. The second-order valence-electron chi connectivity index (χ2n) is 4.46. The lowest BCUT2D eigenvalue weighted by atomic mass is 9.85. The summed E-state index contributed by atoms with van der Waals surface area (Å²) in [6.07, 6.45) is 2.22. The number of carbonyl (C=O) groups excluding carboxylic acids is 1. The molecule has 0 spiro atoms. The summed E-state index contributed by atoms with van der Waals surface area (Å²) in [5.74, 6) is 0.0544. The van der Waals surface area contributed by atoms with Gasteiger partial charge in [-0.3, -0.25) is 4.79 Å². The molecule has 0 aliphatic heterocycles. The van der Waals surface area contributed by atoms with Crippen molar-refractivity contribution in [3.63, 3.8) is 0 Å². The fourth-order valence-corrected chi connectivity index (χ4v) is 1.18. The fraction of sp³-hybridized carbons (Fsp3) is 0.900. The first-order chi connectivity index (χ1) is 5.97. The summed E-state index contributed by atoms with van der Waals surface area (Å²) in [6, 6.07) is -0.00155. The Balaban J connectivity index is 2.41. The molecule has 0 aromatic heterocycles. The van der Waals surface area contributed by atoms with E-state index in [0.29, 0.717) is 0 Å². The van der Waals surface area contributed by atoms with E-state index in [1.165, 1.54) is 0 Å². The second-order valence-corrected chi connectivity index (χ2v) is 4.46. The molecule has 13 heavy (non-hydrogen) atoms. The van der Waals surface area contributed by atoms with Crippen LogP contribution in [0.2, 0.25) is 0 Å². The molecule has 0 unspecified atom stereocenters. The molecule has 2 N–H and O–H groups in total. The number of hydrogen-bond acceptors (Lipinski definition) is 2. The summed E-state index contributed by atoms with van der Waals surface area (Å²) in [5.41, 5.74) is -0.310. The molecule has 1 rings (SSSR count). The van der Waals surface area contributed by atoms with E-state index in [-0.39, 0.29) is 23.5 Å². The summed E-state index contributed by atoms with van der Waals surface area (Å²) >= 11 is 0. The van der Waals surface area contributed by atoms with Crippen LogP contribution >= 0.6 is 0 Å². The SMILES string of the molecule is CCC(C)(C)C(=O)N[C@@H]1CC[C@H]1O. The maximum absolute atomic E-state index is 11.6. The van der Waals surface area contributed by atoms with Crippen LogP contribution < -0.4 is 5.32 Å². The summed E-state index contributed by atoms with van der Waals surface area (Å²) in [4.78, 5) is 11.6. The normalized spacial score (nSPS) is 28.0. The van der Waals surface area contributed by atoms with Crippen molar-refractivity contribution in [3.8, 4) is 0 Å². The van der Waals surface area contributed by atoms with Gasteiger partial charge in [-0.15, -0.1) is 0 Å². The molecule has 0 aromatic carbocycles. The smallest absolute Gasteiger partial charge is 0.225 e. The quantitative estimate of drug-likeness (QED) is 0.690. The first-order valence-corrected chi connectivity index (χ1v) is 4.96. The Morgan fingerprint density at radius 2 is 2.15 bits per heavy atom. The van der Waals surface area contributed by atoms with E-state index < -0.39 is 0 Å². The van der Waals surface area contributed by atoms with Gasteiger partial charge in [0.05, 0.1) is 12.1 Å². The van der Waals surface area contributed by atoms with Crippen LogP contribution in [0.1, 0.15) is 40.0 Å². The van der Waals surface area contributed by atoms with Gasteiger partial charge in [-0.1, -0.05) is 20.8 Å². The third-order valence-electron chi connectivity index (χ3n) is 3.05. The zero-order chi connectivity index (χ0) is 10.1. The number of aliphatic hydroxyl groups excluding tert-OH is 1. The highest BCUT2D eigenvalue weighted by Gasteiger charge is 2.34. The number of amides is 1. The molecule has 0 radical (unpaired) electrons. The molecule has 0 aromatic rings. The number of hydrogen-bond donors (Lipinski definition) is 2. The van der Waals surface area contributed by atoms with Crippen molar-refractivity contribution in [1.82, 2.24) is 5.32 Å². The van der Waals surface area contributed by atoms with Gasteiger partial charge in [0.1, 0.15) is 0 Å². The standard InChI is InChI=1S/C10H19NO2/c1-4-10(2,3)9(13)11-7-5-6-8(7)12/h7-8,12H,4-6H2,1-3H3,(H,11,13)/t7-,8-/m1/s1. The van der Waals surface area contributed by atoms with Gasteiger partial charge < -0.3 is 10.4 Å². The van der Waals surface area contributed by atoms with Crippen molar-refractivity contribution in [1.29, 1.82) is 0 Å². The topological polar surface area (TPSA) is 49.3 Å². The maximum Gasteiger partial charge on any atom is 0.225 e. The van der Waals surface area contributed by atoms with Crippen LogP contribution in [0.3, 0.4) is 0 Å². The Morgan fingerprint density at radius 3 is 2.46 bits per heavy atom. The zero-order valence-electron chi connectivity index (χ0n) is 8.63. The van der Waals surface area contributed by atoms with Gasteiger partial charge in [0, 0.05) is 5.41 Å². The number of carbonyl (C=O) groups is 1. The monoisotopic (exact) mass is 185 g/mol. The van der Waals surface area contributed by atoms with E-state index >= 15 is 0 Å². The van der Waals surface area contributed by atoms with Crippen LogP contribution in [-0.2, 0) is 4.79 Å². The lowest BCUT2D eigenvalue weighted by Crippen LogP contribution is -2.53. The van der Waals surface area contributed by atoms with Gasteiger partial charge in [-0.25, -0.2) is 0 Å². The molecule has 76 valence electrons. The van der Waals surface area contributed by atoms with Crippen molar-refractivity contribution >= 4 is 5.91 Å². The minimum absolute atomic E-state index is 0.00155. The summed E-state index contributed by atoms with van der Waals surface area (Å²) < 4.78 is 0. The first kappa shape index (κ1) is 10.5. The Bertz CT molecular complexity index is 201. The average molecular weight is 185 g/mol. The van der Waals surface area contributed by atoms with Crippen molar-refractivity contribution in [2.75, 3.05) is 0 Å². The maximum atomic E-state index is 11.6. The molecule has 1 saturated carbocycles. The van der Waals surface area contributed by atoms with E-state index in [1.54, 1.807) is 0 Å². The van der Waals surface area contributed by atoms with Crippen molar-refractivity contribution < 1.29 is 9.90 Å². The van der Waals surface area contributed by atoms with Crippen LogP contribution in [0.4, 0.5) is 0 Å². The molecule has 0 saturated heterocycles. The molecule has 0 bridgehead atoms. The first-order valence-electron chi connectivity index (χ1n) is 4.96. The number of rotatable bonds is 3. The highest BCUT2D eigenvalue weighted by atomic mass is 16.3. The van der Waals surface area contributed by atoms with Crippen LogP contribution in [0, 0.1) is 5.41 Å². The molecule has 0 heterocycles. The fourth-order valence-electron chi connectivity index (χ4n) is 1.18. The molecule has 1 fully saturated rings. The van der Waals surface area contributed by atoms with Crippen molar-refractivity contribution in [2.24, 2.45) is 5.41 Å². The molecule has 3 nitrogen and oxygen atoms in total. The second kappa shape index (κ2) is 3.66. The van der Waals surface area contributed by atoms with E-state index in [9.17, 15) is 9.90 Å². The van der Waals surface area contributed by atoms with E-state index in [0.717, 1.165) is 19.3 Å². The minimum Gasteiger partial charge on any atom is -0.391 e. The molecule has 1 aliphatic carbocycles. The average Bonchev–Trinajstić information content (AvgIpc) is 2.11. The summed E-state index contributed by atoms with van der Waals surface area (Å²) in [6.45, 7) is 5.84. The predicted octanol–water partition coefficient (Wildman–Crippen LogP) is 1.06. The van der Waals surface area contributed by atoms with Gasteiger partial charge in [0.2, 0.25) is 5.91 Å². The Kier molecular flexibility index (Phi) is 2.96. The van der Waals surface area contributed by atoms with Gasteiger partial charge >= 0.3 is 0 Å². The predicted molar refractivity (Wildman–Crippen MR) is 51.2 cm³/mol. The summed E-state index contributed by atoms with van der Waals surface area (Å²) in [7, 11) is 0. The third kappa shape index (κ3) is 2.21. The van der Waals surface area contributed by atoms with Crippen LogP contribution in [0.5, 0.6) is 0 Å². The Hall–Kier alpha value is -0.570. The number of aliphatic hydroxyl groups is 1. The van der Waals surface area contributed by atoms with Gasteiger partial charge in [-0.2, -0.15) is 0 Å². The van der Waals surface area contributed by atoms with Crippen LogP contribution in [0.25, 0.3) is 0 Å². The molecular weight excluding hydrogens is 166 g/mol. The zero-order valence-corrected chi connectivity index (χ0v) is 8.63. The van der Waals surface area contributed by atoms with Crippen LogP contribution in [-0.4, -0.2) is 23.2 Å². The molecule has 3 heteroatoms. The summed E-state index contributed by atoms with van der Waals surface area (Å²) in [5, 5.41) is 12.1. The molecule has 1 amide bonds. The van der Waals surface area contributed by atoms with Gasteiger partial charge in [0.15, 0.2) is 0 Å². The highest BCUT2D eigenvalue weighted by Crippen LogP contribution is 2.24.